The number of nitrogens with zero attached hydrogens (tertiary/aromatic N) is 6. The Bertz CT molecular complexity index is 842. The van der Waals surface area contributed by atoms with Gasteiger partial charge >= 0.3 is 11.9 Å². The van der Waals surface area contributed by atoms with Crippen molar-refractivity contribution in [3.8, 4) is 23.0 Å². The van der Waals surface area contributed by atoms with Gasteiger partial charge in [-0.2, -0.15) is 0 Å². The van der Waals surface area contributed by atoms with Crippen LogP contribution < -0.4 is 9.13 Å². The van der Waals surface area contributed by atoms with Crippen LogP contribution in [0.3, 0.4) is 0 Å². The molecule has 0 spiro atoms. The molecule has 0 aliphatic rings. The van der Waals surface area contributed by atoms with Crippen LogP contribution in [0.15, 0.2) is 86.0 Å². The van der Waals surface area contributed by atoms with Crippen LogP contribution in [-0.4, -0.2) is 19.9 Å². The monoisotopic (exact) mass is 314 g/mol. The zero-order chi connectivity index (χ0) is 16.2. The Labute approximate surface area is 138 Å². The van der Waals surface area contributed by atoms with Crippen molar-refractivity contribution in [1.82, 2.24) is 19.9 Å². The van der Waals surface area contributed by atoms with Crippen molar-refractivity contribution in [3.05, 3.63) is 86.0 Å². The topological polar surface area (TPSA) is 59.3 Å². The largest absolute Gasteiger partial charge is 0.437 e. The standard InChI is InChI=1S/C18H14N6/c1-7-19-17(20-8-1)23-11-3-15(4-12-23)16-5-13-24(14-6-16)18-21-9-2-10-22-18/h1-14H/q+2. The van der Waals surface area contributed by atoms with Crippen LogP contribution in [0.25, 0.3) is 23.0 Å². The average molecular weight is 314 g/mol. The molecular formula is C18H14N6+2. The van der Waals surface area contributed by atoms with E-state index in [0.717, 1.165) is 11.1 Å². The highest BCUT2D eigenvalue weighted by Crippen LogP contribution is 2.15. The Balaban J connectivity index is 1.60. The fourth-order valence-corrected chi connectivity index (χ4v) is 2.35. The molecule has 0 amide bonds. The lowest BCUT2D eigenvalue weighted by Gasteiger charge is -2.02. The lowest BCUT2D eigenvalue weighted by Crippen LogP contribution is -2.32. The molecule has 6 heteroatoms. The fourth-order valence-electron chi connectivity index (χ4n) is 2.35. The smallest absolute Gasteiger partial charge is 0.206 e. The van der Waals surface area contributed by atoms with Gasteiger partial charge in [0.25, 0.3) is 0 Å². The summed E-state index contributed by atoms with van der Waals surface area (Å²) in [6, 6.07) is 11.7. The van der Waals surface area contributed by atoms with E-state index in [0.29, 0.717) is 11.9 Å². The molecule has 0 unspecified atom stereocenters. The zero-order valence-corrected chi connectivity index (χ0v) is 12.8. The van der Waals surface area contributed by atoms with Crippen LogP contribution >= 0.6 is 0 Å². The predicted octanol–water partition coefficient (Wildman–Crippen LogP) is 1.49. The Morgan fingerprint density at radius 3 is 1.17 bits per heavy atom. The maximum absolute atomic E-state index is 4.23. The third kappa shape index (κ3) is 2.85. The maximum Gasteiger partial charge on any atom is 0.437 e. The lowest BCUT2D eigenvalue weighted by molar-refractivity contribution is -0.604. The molecule has 6 nitrogen and oxygen atoms in total. The SMILES string of the molecule is c1cnc(-[n+]2ccc(-c3cc[n+](-c4ncccn4)cc3)cc2)nc1. The summed E-state index contributed by atoms with van der Waals surface area (Å²) < 4.78 is 3.76. The second-order valence-electron chi connectivity index (χ2n) is 5.09. The molecule has 0 N–H and O–H groups in total. The Morgan fingerprint density at radius 1 is 0.500 bits per heavy atom. The molecule has 4 heterocycles. The Morgan fingerprint density at radius 2 is 0.833 bits per heavy atom. The summed E-state index contributed by atoms with van der Waals surface area (Å²) >= 11 is 0. The molecule has 0 fully saturated rings. The predicted molar refractivity (Wildman–Crippen MR) is 86.1 cm³/mol. The van der Waals surface area contributed by atoms with Gasteiger partial charge in [0.15, 0.2) is 0 Å². The van der Waals surface area contributed by atoms with Crippen LogP contribution in [-0.2, 0) is 0 Å². The van der Waals surface area contributed by atoms with E-state index < -0.39 is 0 Å². The Hall–Kier alpha value is -3.54. The van der Waals surface area contributed by atoms with Crippen molar-refractivity contribution in [2.75, 3.05) is 0 Å². The molecule has 0 aliphatic heterocycles. The molecule has 0 aromatic carbocycles. The fraction of sp³-hybridized carbons (Fsp3) is 0. The van der Waals surface area contributed by atoms with Crippen LogP contribution in [0.2, 0.25) is 0 Å². The molecule has 0 aliphatic carbocycles. The summed E-state index contributed by atoms with van der Waals surface area (Å²) in [5.74, 6) is 1.30. The van der Waals surface area contributed by atoms with Gasteiger partial charge < -0.3 is 0 Å². The number of aromatic nitrogens is 6. The molecule has 0 radical (unpaired) electrons. The highest BCUT2D eigenvalue weighted by Gasteiger charge is 2.09. The van der Waals surface area contributed by atoms with Gasteiger partial charge in [-0.15, -0.1) is 0 Å². The molecule has 0 saturated heterocycles. The van der Waals surface area contributed by atoms with Gasteiger partial charge in [0.05, 0.1) is 24.8 Å². The van der Waals surface area contributed by atoms with E-state index >= 15 is 0 Å². The van der Waals surface area contributed by atoms with Crippen molar-refractivity contribution >= 4 is 0 Å². The van der Waals surface area contributed by atoms with Crippen LogP contribution in [0.4, 0.5) is 0 Å². The first-order valence-corrected chi connectivity index (χ1v) is 7.48. The molecule has 4 aromatic heterocycles. The summed E-state index contributed by atoms with van der Waals surface area (Å²) in [7, 11) is 0. The van der Waals surface area contributed by atoms with Gasteiger partial charge in [-0.25, -0.2) is 9.13 Å². The highest BCUT2D eigenvalue weighted by molar-refractivity contribution is 5.61. The summed E-state index contributed by atoms with van der Waals surface area (Å²) in [5.41, 5.74) is 2.23. The van der Waals surface area contributed by atoms with Crippen LogP contribution in [0.1, 0.15) is 0 Å². The number of rotatable bonds is 3. The molecule has 0 bridgehead atoms. The van der Waals surface area contributed by atoms with E-state index in [9.17, 15) is 0 Å². The second-order valence-corrected chi connectivity index (χ2v) is 5.09. The van der Waals surface area contributed by atoms with E-state index in [2.05, 4.69) is 19.9 Å². The van der Waals surface area contributed by atoms with Crippen molar-refractivity contribution in [3.63, 3.8) is 0 Å². The molecule has 0 atom stereocenters. The van der Waals surface area contributed by atoms with Crippen LogP contribution in [0.5, 0.6) is 0 Å². The van der Waals surface area contributed by atoms with Crippen molar-refractivity contribution < 1.29 is 9.13 Å². The van der Waals surface area contributed by atoms with Crippen molar-refractivity contribution in [2.24, 2.45) is 0 Å². The molecule has 0 saturated carbocycles. The molecule has 114 valence electrons. The summed E-state index contributed by atoms with van der Waals surface area (Å²) in [6.07, 6.45) is 14.7. The van der Waals surface area contributed by atoms with Crippen molar-refractivity contribution in [2.45, 2.75) is 0 Å². The first-order valence-electron chi connectivity index (χ1n) is 7.48. The van der Waals surface area contributed by atoms with E-state index in [-0.39, 0.29) is 0 Å². The van der Waals surface area contributed by atoms with Gasteiger partial charge in [0, 0.05) is 12.1 Å². The summed E-state index contributed by atoms with van der Waals surface area (Å²) in [6.45, 7) is 0. The number of pyridine rings is 2. The van der Waals surface area contributed by atoms with Gasteiger partial charge in [0.2, 0.25) is 0 Å². The Kier molecular flexibility index (Phi) is 3.69. The number of hydrogen-bond acceptors (Lipinski definition) is 4. The molecule has 4 aromatic rings. The molecular weight excluding hydrogens is 300 g/mol. The van der Waals surface area contributed by atoms with Gasteiger partial charge in [-0.1, -0.05) is 19.9 Å². The van der Waals surface area contributed by atoms with E-state index in [1.54, 1.807) is 36.9 Å². The van der Waals surface area contributed by atoms with Crippen LogP contribution in [0, 0.1) is 0 Å². The summed E-state index contributed by atoms with van der Waals surface area (Å²) in [5, 5.41) is 0. The first-order chi connectivity index (χ1) is 11.9. The highest BCUT2D eigenvalue weighted by atomic mass is 15.1. The molecule has 24 heavy (non-hydrogen) atoms. The normalized spacial score (nSPS) is 10.5. The minimum Gasteiger partial charge on any atom is -0.206 e. The van der Waals surface area contributed by atoms with Crippen molar-refractivity contribution in [1.29, 1.82) is 0 Å². The van der Waals surface area contributed by atoms with E-state index in [1.807, 2.05) is 58.2 Å². The van der Waals surface area contributed by atoms with Gasteiger partial charge in [-0.3, -0.25) is 0 Å². The van der Waals surface area contributed by atoms with Gasteiger partial charge in [0.1, 0.15) is 24.8 Å². The minimum absolute atomic E-state index is 0.649. The third-order valence-electron chi connectivity index (χ3n) is 3.56. The van der Waals surface area contributed by atoms with Gasteiger partial charge in [-0.05, 0) is 35.4 Å². The third-order valence-corrected chi connectivity index (χ3v) is 3.56. The molecule has 4 rings (SSSR count). The second kappa shape index (κ2) is 6.29. The quantitative estimate of drug-likeness (QED) is 0.538. The average Bonchev–Trinajstić information content (AvgIpc) is 2.70. The lowest BCUT2D eigenvalue weighted by atomic mass is 10.1. The summed E-state index contributed by atoms with van der Waals surface area (Å²) in [4.78, 5) is 16.9. The minimum atomic E-state index is 0.649. The zero-order valence-electron chi connectivity index (χ0n) is 12.8. The maximum atomic E-state index is 4.23. The van der Waals surface area contributed by atoms with E-state index in [1.165, 1.54) is 0 Å². The first kappa shape index (κ1) is 14.1. The number of hydrogen-bond donors (Lipinski definition) is 0. The van der Waals surface area contributed by atoms with E-state index in [4.69, 9.17) is 0 Å².